The lowest BCUT2D eigenvalue weighted by Crippen LogP contribution is -2.44. The summed E-state index contributed by atoms with van der Waals surface area (Å²) in [5.74, 6) is -0.904. The Morgan fingerprint density at radius 1 is 1.11 bits per heavy atom. The first-order valence-electron chi connectivity index (χ1n) is 8.82. The Hall–Kier alpha value is -2.61. The predicted octanol–water partition coefficient (Wildman–Crippen LogP) is 0.588. The SMILES string of the molecule is O=C(Cc1ccccc1Cl)N[C@@H]1CC[C@H](NC(=O)CN2C(=O)CNC2=O)C1. The third-order valence-electron chi connectivity index (χ3n) is 4.71. The first-order chi connectivity index (χ1) is 12.9. The highest BCUT2D eigenvalue weighted by molar-refractivity contribution is 6.31. The van der Waals surface area contributed by atoms with E-state index in [4.69, 9.17) is 11.6 Å². The summed E-state index contributed by atoms with van der Waals surface area (Å²) >= 11 is 6.07. The van der Waals surface area contributed by atoms with E-state index in [1.54, 1.807) is 6.07 Å². The van der Waals surface area contributed by atoms with E-state index in [2.05, 4.69) is 16.0 Å². The topological polar surface area (TPSA) is 108 Å². The number of hydrogen-bond donors (Lipinski definition) is 3. The van der Waals surface area contributed by atoms with Crippen molar-refractivity contribution in [1.29, 1.82) is 0 Å². The number of urea groups is 1. The Labute approximate surface area is 161 Å². The Morgan fingerprint density at radius 3 is 2.41 bits per heavy atom. The van der Waals surface area contributed by atoms with Gasteiger partial charge >= 0.3 is 6.03 Å². The summed E-state index contributed by atoms with van der Waals surface area (Å²) in [6.45, 7) is -0.361. The fourth-order valence-corrected chi connectivity index (χ4v) is 3.57. The summed E-state index contributed by atoms with van der Waals surface area (Å²) < 4.78 is 0. The van der Waals surface area contributed by atoms with Crippen LogP contribution >= 0.6 is 11.6 Å². The lowest BCUT2D eigenvalue weighted by Gasteiger charge is -2.17. The maximum absolute atomic E-state index is 12.2. The van der Waals surface area contributed by atoms with Gasteiger partial charge in [0.2, 0.25) is 11.8 Å². The lowest BCUT2D eigenvalue weighted by molar-refractivity contribution is -0.130. The number of imide groups is 1. The van der Waals surface area contributed by atoms with Crippen molar-refractivity contribution in [3.8, 4) is 0 Å². The summed E-state index contributed by atoms with van der Waals surface area (Å²) in [4.78, 5) is 48.1. The van der Waals surface area contributed by atoms with Crippen molar-refractivity contribution in [2.75, 3.05) is 13.1 Å². The molecule has 1 aromatic rings. The molecule has 5 amide bonds. The molecule has 0 unspecified atom stereocenters. The van der Waals surface area contributed by atoms with E-state index in [1.807, 2.05) is 18.2 Å². The molecule has 0 aromatic heterocycles. The molecule has 1 heterocycles. The maximum Gasteiger partial charge on any atom is 0.325 e. The van der Waals surface area contributed by atoms with Crippen molar-refractivity contribution < 1.29 is 19.2 Å². The van der Waals surface area contributed by atoms with E-state index in [9.17, 15) is 19.2 Å². The molecular weight excluding hydrogens is 372 g/mol. The average Bonchev–Trinajstić information content (AvgIpc) is 3.18. The summed E-state index contributed by atoms with van der Waals surface area (Å²) in [6.07, 6.45) is 2.30. The number of benzene rings is 1. The lowest BCUT2D eigenvalue weighted by atomic mass is 10.1. The van der Waals surface area contributed by atoms with Crippen molar-refractivity contribution in [2.45, 2.75) is 37.8 Å². The summed E-state index contributed by atoms with van der Waals surface area (Å²) in [5.41, 5.74) is 0.771. The minimum Gasteiger partial charge on any atom is -0.353 e. The molecule has 8 nitrogen and oxygen atoms in total. The molecule has 0 spiro atoms. The summed E-state index contributed by atoms with van der Waals surface area (Å²) in [5, 5.41) is 8.72. The number of halogens is 1. The Morgan fingerprint density at radius 2 is 1.78 bits per heavy atom. The minimum atomic E-state index is -0.550. The number of amides is 5. The van der Waals surface area contributed by atoms with Gasteiger partial charge in [0.25, 0.3) is 5.91 Å². The second-order valence-electron chi connectivity index (χ2n) is 6.75. The van der Waals surface area contributed by atoms with Crippen LogP contribution in [0.4, 0.5) is 4.79 Å². The number of nitrogens with zero attached hydrogens (tertiary/aromatic N) is 1. The van der Waals surface area contributed by atoms with Gasteiger partial charge in [0, 0.05) is 17.1 Å². The monoisotopic (exact) mass is 392 g/mol. The quantitative estimate of drug-likeness (QED) is 0.616. The number of rotatable bonds is 6. The third kappa shape index (κ3) is 4.97. The van der Waals surface area contributed by atoms with Crippen molar-refractivity contribution in [2.24, 2.45) is 0 Å². The van der Waals surface area contributed by atoms with E-state index >= 15 is 0 Å². The van der Waals surface area contributed by atoms with Crippen LogP contribution in [-0.2, 0) is 20.8 Å². The molecule has 144 valence electrons. The van der Waals surface area contributed by atoms with E-state index in [-0.39, 0.29) is 43.4 Å². The van der Waals surface area contributed by atoms with Gasteiger partial charge in [0.15, 0.2) is 0 Å². The molecule has 3 rings (SSSR count). The minimum absolute atomic E-state index is 0.0259. The van der Waals surface area contributed by atoms with Crippen LogP contribution < -0.4 is 16.0 Å². The molecule has 2 aliphatic rings. The summed E-state index contributed by atoms with van der Waals surface area (Å²) in [7, 11) is 0. The van der Waals surface area contributed by atoms with Crippen LogP contribution in [-0.4, -0.2) is 53.8 Å². The van der Waals surface area contributed by atoms with Crippen molar-refractivity contribution in [3.05, 3.63) is 34.9 Å². The Balaban J connectivity index is 1.42. The molecule has 1 aromatic carbocycles. The van der Waals surface area contributed by atoms with Gasteiger partial charge in [-0.05, 0) is 30.9 Å². The molecule has 3 N–H and O–H groups in total. The third-order valence-corrected chi connectivity index (χ3v) is 5.08. The van der Waals surface area contributed by atoms with Gasteiger partial charge in [0.1, 0.15) is 6.54 Å². The number of hydrogen-bond acceptors (Lipinski definition) is 4. The summed E-state index contributed by atoms with van der Waals surface area (Å²) in [6, 6.07) is 6.54. The van der Waals surface area contributed by atoms with Gasteiger partial charge in [-0.2, -0.15) is 0 Å². The van der Waals surface area contributed by atoms with Gasteiger partial charge in [-0.25, -0.2) is 4.79 Å². The molecule has 1 aliphatic carbocycles. The van der Waals surface area contributed by atoms with Crippen molar-refractivity contribution in [3.63, 3.8) is 0 Å². The van der Waals surface area contributed by atoms with E-state index in [0.29, 0.717) is 11.4 Å². The molecule has 0 radical (unpaired) electrons. The second kappa shape index (κ2) is 8.39. The largest absolute Gasteiger partial charge is 0.353 e. The normalized spacial score (nSPS) is 21.9. The molecule has 1 saturated carbocycles. The Bertz CT molecular complexity index is 753. The number of carbonyl (C=O) groups excluding carboxylic acids is 4. The standard InChI is InChI=1S/C18H21ClN4O4/c19-14-4-2-1-3-11(14)7-15(24)21-12-5-6-13(8-12)22-16(25)10-23-17(26)9-20-18(23)27/h1-4,12-13H,5-10H2,(H,20,27)(H,21,24)(H,22,25)/t12-,13+/m1/s1. The van der Waals surface area contributed by atoms with Gasteiger partial charge in [-0.3, -0.25) is 19.3 Å². The van der Waals surface area contributed by atoms with Crippen molar-refractivity contribution >= 4 is 35.4 Å². The molecule has 2 atom stereocenters. The highest BCUT2D eigenvalue weighted by atomic mass is 35.5. The zero-order chi connectivity index (χ0) is 19.4. The van der Waals surface area contributed by atoms with Crippen molar-refractivity contribution in [1.82, 2.24) is 20.9 Å². The first-order valence-corrected chi connectivity index (χ1v) is 9.20. The number of carbonyl (C=O) groups is 4. The predicted molar refractivity (Wildman–Crippen MR) is 98.0 cm³/mol. The molecule has 27 heavy (non-hydrogen) atoms. The van der Waals surface area contributed by atoms with Gasteiger partial charge in [-0.15, -0.1) is 0 Å². The Kier molecular flexibility index (Phi) is 5.95. The van der Waals surface area contributed by atoms with Gasteiger partial charge in [-0.1, -0.05) is 29.8 Å². The molecule has 1 saturated heterocycles. The molecular formula is C18H21ClN4O4. The van der Waals surface area contributed by atoms with Crippen LogP contribution in [0.25, 0.3) is 0 Å². The fourth-order valence-electron chi connectivity index (χ4n) is 3.37. The molecule has 9 heteroatoms. The molecule has 1 aliphatic heterocycles. The highest BCUT2D eigenvalue weighted by Gasteiger charge is 2.32. The van der Waals surface area contributed by atoms with Gasteiger partial charge in [0.05, 0.1) is 13.0 Å². The van der Waals surface area contributed by atoms with Crippen LogP contribution in [0.15, 0.2) is 24.3 Å². The smallest absolute Gasteiger partial charge is 0.325 e. The van der Waals surface area contributed by atoms with Crippen LogP contribution in [0.2, 0.25) is 5.02 Å². The maximum atomic E-state index is 12.2. The number of nitrogens with one attached hydrogen (secondary N) is 3. The van der Waals surface area contributed by atoms with E-state index in [0.717, 1.165) is 23.3 Å². The van der Waals surface area contributed by atoms with Gasteiger partial charge < -0.3 is 16.0 Å². The van der Waals surface area contributed by atoms with Crippen LogP contribution in [0.5, 0.6) is 0 Å². The van der Waals surface area contributed by atoms with Crippen LogP contribution in [0.3, 0.4) is 0 Å². The first kappa shape index (κ1) is 19.2. The highest BCUT2D eigenvalue weighted by Crippen LogP contribution is 2.20. The molecule has 2 fully saturated rings. The zero-order valence-corrected chi connectivity index (χ0v) is 15.4. The van der Waals surface area contributed by atoms with E-state index in [1.165, 1.54) is 0 Å². The molecule has 0 bridgehead atoms. The van der Waals surface area contributed by atoms with Crippen LogP contribution in [0.1, 0.15) is 24.8 Å². The van der Waals surface area contributed by atoms with E-state index < -0.39 is 11.9 Å². The fraction of sp³-hybridized carbons (Fsp3) is 0.444. The zero-order valence-electron chi connectivity index (χ0n) is 14.7. The van der Waals surface area contributed by atoms with Crippen LogP contribution in [0, 0.1) is 0 Å². The second-order valence-corrected chi connectivity index (χ2v) is 7.16. The average molecular weight is 393 g/mol.